The van der Waals surface area contributed by atoms with Crippen LogP contribution < -0.4 is 0 Å². The van der Waals surface area contributed by atoms with Gasteiger partial charge >= 0.3 is 0 Å². The minimum Gasteiger partial charge on any atom is -0.394 e. The molecule has 0 bridgehead atoms. The van der Waals surface area contributed by atoms with Gasteiger partial charge in [0.15, 0.2) is 0 Å². The van der Waals surface area contributed by atoms with Gasteiger partial charge in [0.1, 0.15) is 12.2 Å². The first-order valence-corrected chi connectivity index (χ1v) is 5.94. The number of aliphatic hydroxyl groups is 4. The summed E-state index contributed by atoms with van der Waals surface area (Å²) in [6.07, 6.45) is 1.08. The van der Waals surface area contributed by atoms with Crippen molar-refractivity contribution in [1.82, 2.24) is 0 Å². The van der Waals surface area contributed by atoms with Crippen LogP contribution in [0.25, 0.3) is 0 Å². The van der Waals surface area contributed by atoms with Gasteiger partial charge in [0.05, 0.1) is 26.4 Å². The molecule has 17 heavy (non-hydrogen) atoms. The van der Waals surface area contributed by atoms with Crippen molar-refractivity contribution in [3.8, 4) is 0 Å². The zero-order valence-corrected chi connectivity index (χ0v) is 10.1. The summed E-state index contributed by atoms with van der Waals surface area (Å²) in [4.78, 5) is 0. The lowest BCUT2D eigenvalue weighted by Crippen LogP contribution is -2.20. The maximum atomic E-state index is 8.97. The summed E-state index contributed by atoms with van der Waals surface area (Å²) >= 11 is 0. The first-order chi connectivity index (χ1) is 8.20. The number of hydrogen-bond acceptors (Lipinski definition) is 6. The average molecular weight is 252 g/mol. The standard InChI is InChI=1S/C11H24O6/c12-6-10(14)8-16-4-2-1-3-5-17-9-11(15)7-13/h10-15H,1-9H2. The Bertz CT molecular complexity index is 139. The molecule has 0 aliphatic heterocycles. The zero-order chi connectivity index (χ0) is 12.9. The predicted octanol–water partition coefficient (Wildman–Crippen LogP) is -1.10. The van der Waals surface area contributed by atoms with E-state index in [1.165, 1.54) is 0 Å². The van der Waals surface area contributed by atoms with Crippen LogP contribution in [0.15, 0.2) is 0 Å². The molecule has 0 aromatic heterocycles. The van der Waals surface area contributed by atoms with Gasteiger partial charge in [0, 0.05) is 13.2 Å². The molecule has 6 nitrogen and oxygen atoms in total. The normalized spacial score (nSPS) is 14.8. The molecule has 104 valence electrons. The maximum Gasteiger partial charge on any atom is 0.100 e. The predicted molar refractivity (Wildman–Crippen MR) is 61.7 cm³/mol. The summed E-state index contributed by atoms with van der Waals surface area (Å²) in [5.74, 6) is 0. The minimum atomic E-state index is -0.793. The molecule has 2 unspecified atom stereocenters. The van der Waals surface area contributed by atoms with Crippen LogP contribution in [0.1, 0.15) is 19.3 Å². The van der Waals surface area contributed by atoms with Crippen LogP contribution in [0.4, 0.5) is 0 Å². The Morgan fingerprint density at radius 2 is 1.12 bits per heavy atom. The van der Waals surface area contributed by atoms with Gasteiger partial charge in [-0.25, -0.2) is 0 Å². The molecule has 0 spiro atoms. The second-order valence-electron chi connectivity index (χ2n) is 3.88. The van der Waals surface area contributed by atoms with Gasteiger partial charge in [-0.05, 0) is 19.3 Å². The summed E-state index contributed by atoms with van der Waals surface area (Å²) < 4.78 is 10.2. The molecule has 0 fully saturated rings. The molecule has 0 aliphatic carbocycles. The van der Waals surface area contributed by atoms with E-state index in [9.17, 15) is 0 Å². The minimum absolute atomic E-state index is 0.162. The van der Waals surface area contributed by atoms with Crippen molar-refractivity contribution in [1.29, 1.82) is 0 Å². The molecule has 6 heteroatoms. The van der Waals surface area contributed by atoms with Crippen LogP contribution in [-0.2, 0) is 9.47 Å². The largest absolute Gasteiger partial charge is 0.394 e. The van der Waals surface area contributed by atoms with E-state index in [1.54, 1.807) is 0 Å². The molecule has 0 saturated carbocycles. The van der Waals surface area contributed by atoms with Gasteiger partial charge in [-0.1, -0.05) is 0 Å². The van der Waals surface area contributed by atoms with E-state index in [4.69, 9.17) is 29.9 Å². The summed E-state index contributed by atoms with van der Waals surface area (Å²) in [5.41, 5.74) is 0. The van der Waals surface area contributed by atoms with E-state index >= 15 is 0 Å². The highest BCUT2D eigenvalue weighted by Gasteiger charge is 2.02. The molecule has 0 aromatic carbocycles. The quantitative estimate of drug-likeness (QED) is 0.329. The lowest BCUT2D eigenvalue weighted by molar-refractivity contribution is 0.000218. The topological polar surface area (TPSA) is 99.4 Å². The first-order valence-electron chi connectivity index (χ1n) is 5.94. The lowest BCUT2D eigenvalue weighted by Gasteiger charge is -2.09. The highest BCUT2D eigenvalue weighted by Crippen LogP contribution is 1.98. The van der Waals surface area contributed by atoms with Gasteiger partial charge in [0.25, 0.3) is 0 Å². The fourth-order valence-corrected chi connectivity index (χ4v) is 1.13. The average Bonchev–Trinajstić information content (AvgIpc) is 2.35. The number of ether oxygens (including phenoxy) is 2. The van der Waals surface area contributed by atoms with Gasteiger partial charge in [-0.3, -0.25) is 0 Å². The lowest BCUT2D eigenvalue weighted by atomic mass is 10.2. The SMILES string of the molecule is OCC(O)COCCCCCOCC(O)CO. The smallest absolute Gasteiger partial charge is 0.100 e. The van der Waals surface area contributed by atoms with Crippen LogP contribution in [0.5, 0.6) is 0 Å². The van der Waals surface area contributed by atoms with E-state index in [2.05, 4.69) is 0 Å². The van der Waals surface area contributed by atoms with Crippen molar-refractivity contribution in [3.63, 3.8) is 0 Å². The molecule has 0 aromatic rings. The second kappa shape index (κ2) is 12.2. The van der Waals surface area contributed by atoms with Gasteiger partial charge < -0.3 is 29.9 Å². The van der Waals surface area contributed by atoms with E-state index in [0.717, 1.165) is 19.3 Å². The van der Waals surface area contributed by atoms with Crippen LogP contribution >= 0.6 is 0 Å². The van der Waals surface area contributed by atoms with Crippen molar-refractivity contribution in [2.75, 3.05) is 39.6 Å². The third-order valence-corrected chi connectivity index (χ3v) is 2.12. The Kier molecular flexibility index (Phi) is 12.1. The number of rotatable bonds is 12. The van der Waals surface area contributed by atoms with Gasteiger partial charge in [-0.2, -0.15) is 0 Å². The maximum absolute atomic E-state index is 8.97. The Hall–Kier alpha value is -0.240. The van der Waals surface area contributed by atoms with Gasteiger partial charge in [0.2, 0.25) is 0 Å². The fraction of sp³-hybridized carbons (Fsp3) is 1.00. The van der Waals surface area contributed by atoms with Crippen LogP contribution in [0.2, 0.25) is 0 Å². The number of hydrogen-bond donors (Lipinski definition) is 4. The molecule has 2 atom stereocenters. The highest BCUT2D eigenvalue weighted by molar-refractivity contribution is 4.50. The van der Waals surface area contributed by atoms with E-state index < -0.39 is 12.2 Å². The van der Waals surface area contributed by atoms with Crippen molar-refractivity contribution in [3.05, 3.63) is 0 Å². The third kappa shape index (κ3) is 12.0. The molecule has 0 amide bonds. The third-order valence-electron chi connectivity index (χ3n) is 2.12. The van der Waals surface area contributed by atoms with Crippen molar-refractivity contribution in [2.24, 2.45) is 0 Å². The van der Waals surface area contributed by atoms with E-state index in [0.29, 0.717) is 13.2 Å². The van der Waals surface area contributed by atoms with Crippen LogP contribution in [0.3, 0.4) is 0 Å². The summed E-state index contributed by atoms with van der Waals surface area (Å²) in [6, 6.07) is 0. The van der Waals surface area contributed by atoms with Crippen molar-refractivity contribution < 1.29 is 29.9 Å². The molecule has 0 heterocycles. The molecular weight excluding hydrogens is 228 g/mol. The monoisotopic (exact) mass is 252 g/mol. The van der Waals surface area contributed by atoms with E-state index in [-0.39, 0.29) is 26.4 Å². The van der Waals surface area contributed by atoms with Crippen molar-refractivity contribution >= 4 is 0 Å². The Balaban J connectivity index is 3.04. The molecule has 0 radical (unpaired) electrons. The molecular formula is C11H24O6. The van der Waals surface area contributed by atoms with E-state index in [1.807, 2.05) is 0 Å². The van der Waals surface area contributed by atoms with Crippen molar-refractivity contribution in [2.45, 2.75) is 31.5 Å². The highest BCUT2D eigenvalue weighted by atomic mass is 16.5. The molecule has 0 rings (SSSR count). The zero-order valence-electron chi connectivity index (χ0n) is 10.1. The Morgan fingerprint density at radius 1 is 0.706 bits per heavy atom. The Morgan fingerprint density at radius 3 is 1.47 bits per heavy atom. The first kappa shape index (κ1) is 16.8. The Labute approximate surface area is 102 Å². The summed E-state index contributed by atoms with van der Waals surface area (Å²) in [5, 5.41) is 35.0. The van der Waals surface area contributed by atoms with Crippen LogP contribution in [0, 0.1) is 0 Å². The number of aliphatic hydroxyl groups excluding tert-OH is 4. The molecule has 0 saturated heterocycles. The summed E-state index contributed by atoms with van der Waals surface area (Å²) in [7, 11) is 0. The van der Waals surface area contributed by atoms with Gasteiger partial charge in [-0.15, -0.1) is 0 Å². The van der Waals surface area contributed by atoms with Crippen LogP contribution in [-0.4, -0.2) is 72.3 Å². The fourth-order valence-electron chi connectivity index (χ4n) is 1.13. The second-order valence-corrected chi connectivity index (χ2v) is 3.88. The number of unbranched alkanes of at least 4 members (excludes halogenated alkanes) is 2. The molecule has 4 N–H and O–H groups in total. The summed E-state index contributed by atoms with van der Waals surface area (Å²) in [6.45, 7) is 0.875. The molecule has 0 aliphatic rings.